The second kappa shape index (κ2) is 14.4. The predicted molar refractivity (Wildman–Crippen MR) is 166 cm³/mol. The molecule has 2 aromatic rings. The lowest BCUT2D eigenvalue weighted by Gasteiger charge is -2.29. The number of carbonyl (C=O) groups is 5. The first-order valence-electron chi connectivity index (χ1n) is 15.2. The molecule has 12 heteroatoms. The third-order valence-electron chi connectivity index (χ3n) is 7.48. The lowest BCUT2D eigenvalue weighted by molar-refractivity contribution is -0.137. The number of benzene rings is 2. The zero-order chi connectivity index (χ0) is 32.7. The number of nitrogens with zero attached hydrogens (tertiary/aromatic N) is 3. The van der Waals surface area contributed by atoms with E-state index in [-0.39, 0.29) is 43.6 Å². The molecule has 2 N–H and O–H groups in total. The van der Waals surface area contributed by atoms with Crippen LogP contribution in [-0.2, 0) is 25.7 Å². The lowest BCUT2D eigenvalue weighted by atomic mass is 10.0. The van der Waals surface area contributed by atoms with Crippen molar-refractivity contribution in [2.45, 2.75) is 91.3 Å². The number of unbranched alkanes of at least 4 members (excludes halogenated alkanes) is 2. The van der Waals surface area contributed by atoms with E-state index >= 15 is 0 Å². The number of carbonyl (C=O) groups excluding carboxylic acids is 5. The van der Waals surface area contributed by atoms with Gasteiger partial charge in [0, 0.05) is 37.1 Å². The van der Waals surface area contributed by atoms with Gasteiger partial charge in [-0.25, -0.2) is 4.79 Å². The van der Waals surface area contributed by atoms with E-state index in [0.29, 0.717) is 47.6 Å². The number of azo groups is 1. The number of ether oxygens (including phenoxy) is 2. The molecule has 2 aliphatic heterocycles. The van der Waals surface area contributed by atoms with Gasteiger partial charge in [-0.2, -0.15) is 5.11 Å². The summed E-state index contributed by atoms with van der Waals surface area (Å²) in [6, 6.07) is 8.12. The molecule has 45 heavy (non-hydrogen) atoms. The van der Waals surface area contributed by atoms with Gasteiger partial charge < -0.3 is 19.7 Å². The Morgan fingerprint density at radius 1 is 1.04 bits per heavy atom. The number of imide groups is 1. The first-order chi connectivity index (χ1) is 21.3. The molecule has 0 radical (unpaired) electrons. The normalized spacial score (nSPS) is 16.5. The summed E-state index contributed by atoms with van der Waals surface area (Å²) in [7, 11) is 0. The standard InChI is InChI=1S/C33H41N5O7/c1-20-16-23(44-19-22(39)10-7-6-8-15-34-32(43)45-33(3,4)5)17-21(2)29(20)37-36-26-12-9-11-24-25(26)18-38(31(24)42)27-13-14-28(40)35-30(27)41/h9,11-12,16-17,27H,6-8,10,13-15,18-19H2,1-5H3,(H,34,43)(H,35,40,41). The Morgan fingerprint density at radius 2 is 1.78 bits per heavy atom. The van der Waals surface area contributed by atoms with Gasteiger partial charge in [-0.05, 0) is 89.3 Å². The third kappa shape index (κ3) is 8.96. The molecule has 240 valence electrons. The Balaban J connectivity index is 1.28. The fraction of sp³-hybridized carbons (Fsp3) is 0.485. The van der Waals surface area contributed by atoms with Crippen molar-refractivity contribution in [1.29, 1.82) is 0 Å². The summed E-state index contributed by atoms with van der Waals surface area (Å²) in [6.45, 7) is 9.86. The molecule has 2 aromatic carbocycles. The van der Waals surface area contributed by atoms with E-state index in [2.05, 4.69) is 20.9 Å². The van der Waals surface area contributed by atoms with Gasteiger partial charge in [0.2, 0.25) is 11.8 Å². The molecule has 12 nitrogen and oxygen atoms in total. The van der Waals surface area contributed by atoms with E-state index < -0.39 is 23.6 Å². The van der Waals surface area contributed by atoms with Crippen LogP contribution >= 0.6 is 0 Å². The van der Waals surface area contributed by atoms with Crippen molar-refractivity contribution in [3.05, 3.63) is 52.6 Å². The second-order valence-electron chi connectivity index (χ2n) is 12.4. The van der Waals surface area contributed by atoms with Crippen LogP contribution in [0.2, 0.25) is 0 Å². The molecule has 1 atom stereocenters. The zero-order valence-corrected chi connectivity index (χ0v) is 26.5. The molecule has 1 unspecified atom stereocenters. The SMILES string of the molecule is Cc1cc(OCC(=O)CCCCCNC(=O)OC(C)(C)C)cc(C)c1N=Nc1cccc2c1CN(C1CCC(=O)NC1=O)C2=O. The van der Waals surface area contributed by atoms with Crippen LogP contribution in [0.15, 0.2) is 40.6 Å². The van der Waals surface area contributed by atoms with E-state index in [4.69, 9.17) is 9.47 Å². The molecule has 2 heterocycles. The van der Waals surface area contributed by atoms with Crippen molar-refractivity contribution in [2.24, 2.45) is 10.2 Å². The fourth-order valence-corrected chi connectivity index (χ4v) is 5.29. The summed E-state index contributed by atoms with van der Waals surface area (Å²) in [4.78, 5) is 62.6. The van der Waals surface area contributed by atoms with Crippen LogP contribution in [0.5, 0.6) is 5.75 Å². The van der Waals surface area contributed by atoms with Crippen LogP contribution < -0.4 is 15.4 Å². The van der Waals surface area contributed by atoms with Gasteiger partial charge in [-0.3, -0.25) is 24.5 Å². The van der Waals surface area contributed by atoms with Crippen molar-refractivity contribution < 1.29 is 33.4 Å². The van der Waals surface area contributed by atoms with Crippen molar-refractivity contribution in [1.82, 2.24) is 15.5 Å². The Bertz CT molecular complexity index is 1490. The van der Waals surface area contributed by atoms with Gasteiger partial charge in [0.25, 0.3) is 5.91 Å². The minimum Gasteiger partial charge on any atom is -0.486 e. The Morgan fingerprint density at radius 3 is 2.47 bits per heavy atom. The number of hydrogen-bond donors (Lipinski definition) is 2. The third-order valence-corrected chi connectivity index (χ3v) is 7.48. The smallest absolute Gasteiger partial charge is 0.407 e. The van der Waals surface area contributed by atoms with Crippen LogP contribution in [-0.4, -0.2) is 59.3 Å². The summed E-state index contributed by atoms with van der Waals surface area (Å²) < 4.78 is 11.0. The van der Waals surface area contributed by atoms with E-state index in [1.807, 2.05) is 34.6 Å². The fourth-order valence-electron chi connectivity index (χ4n) is 5.29. The monoisotopic (exact) mass is 619 g/mol. The Kier molecular flexibility index (Phi) is 10.7. The maximum Gasteiger partial charge on any atom is 0.407 e. The van der Waals surface area contributed by atoms with Gasteiger partial charge in [0.1, 0.15) is 24.0 Å². The molecule has 2 aliphatic rings. The van der Waals surface area contributed by atoms with Crippen LogP contribution in [0, 0.1) is 13.8 Å². The molecular formula is C33H41N5O7. The summed E-state index contributed by atoms with van der Waals surface area (Å²) >= 11 is 0. The van der Waals surface area contributed by atoms with Crippen molar-refractivity contribution >= 4 is 41.0 Å². The maximum atomic E-state index is 13.1. The van der Waals surface area contributed by atoms with Gasteiger partial charge >= 0.3 is 6.09 Å². The molecule has 1 saturated heterocycles. The van der Waals surface area contributed by atoms with Crippen LogP contribution in [0.25, 0.3) is 0 Å². The average Bonchev–Trinajstić information content (AvgIpc) is 3.29. The predicted octanol–water partition coefficient (Wildman–Crippen LogP) is 5.51. The molecule has 0 saturated carbocycles. The highest BCUT2D eigenvalue weighted by Gasteiger charge is 2.39. The number of rotatable bonds is 12. The number of alkyl carbamates (subject to hydrolysis) is 1. The van der Waals surface area contributed by atoms with Crippen molar-refractivity contribution in [3.8, 4) is 5.75 Å². The van der Waals surface area contributed by atoms with E-state index in [1.165, 1.54) is 4.90 Å². The van der Waals surface area contributed by atoms with Gasteiger partial charge in [0.05, 0.1) is 11.4 Å². The van der Waals surface area contributed by atoms with Crippen LogP contribution in [0.3, 0.4) is 0 Å². The van der Waals surface area contributed by atoms with E-state index in [1.54, 1.807) is 30.3 Å². The highest BCUT2D eigenvalue weighted by Crippen LogP contribution is 2.36. The largest absolute Gasteiger partial charge is 0.486 e. The number of ketones is 1. The molecule has 4 rings (SSSR count). The van der Waals surface area contributed by atoms with Crippen molar-refractivity contribution in [3.63, 3.8) is 0 Å². The van der Waals surface area contributed by atoms with E-state index in [9.17, 15) is 24.0 Å². The number of amides is 4. The number of Topliss-reactive ketones (excluding diaryl/α,β-unsaturated/α-hetero) is 1. The molecular weight excluding hydrogens is 578 g/mol. The summed E-state index contributed by atoms with van der Waals surface area (Å²) in [6.07, 6.45) is 2.68. The average molecular weight is 620 g/mol. The van der Waals surface area contributed by atoms with Crippen molar-refractivity contribution in [2.75, 3.05) is 13.2 Å². The number of hydrogen-bond acceptors (Lipinski definition) is 9. The molecule has 4 amide bonds. The molecule has 1 fully saturated rings. The lowest BCUT2D eigenvalue weighted by Crippen LogP contribution is -2.52. The van der Waals surface area contributed by atoms with Gasteiger partial charge in [0.15, 0.2) is 5.78 Å². The molecule has 0 bridgehead atoms. The zero-order valence-electron chi connectivity index (χ0n) is 26.5. The second-order valence-corrected chi connectivity index (χ2v) is 12.4. The maximum absolute atomic E-state index is 13.1. The minimum atomic E-state index is -0.704. The molecule has 0 spiro atoms. The van der Waals surface area contributed by atoms with Gasteiger partial charge in [-0.15, -0.1) is 5.11 Å². The summed E-state index contributed by atoms with van der Waals surface area (Å²) in [5, 5.41) is 14.0. The highest BCUT2D eigenvalue weighted by atomic mass is 16.6. The van der Waals surface area contributed by atoms with Crippen LogP contribution in [0.1, 0.15) is 86.3 Å². The van der Waals surface area contributed by atoms with Crippen LogP contribution in [0.4, 0.5) is 16.2 Å². The quantitative estimate of drug-likeness (QED) is 0.180. The summed E-state index contributed by atoms with van der Waals surface area (Å²) in [5.74, 6) is -0.509. The Labute approximate surface area is 262 Å². The first-order valence-corrected chi connectivity index (χ1v) is 15.2. The van der Waals surface area contributed by atoms with Gasteiger partial charge in [-0.1, -0.05) is 12.5 Å². The number of fused-ring (bicyclic) bond motifs is 1. The Hall–Kier alpha value is -4.61. The number of nitrogens with one attached hydrogen (secondary N) is 2. The molecule has 0 aromatic heterocycles. The highest BCUT2D eigenvalue weighted by molar-refractivity contribution is 6.06. The summed E-state index contributed by atoms with van der Waals surface area (Å²) in [5.41, 5.74) is 3.42. The van der Waals surface area contributed by atoms with E-state index in [0.717, 1.165) is 24.0 Å². The molecule has 0 aliphatic carbocycles. The minimum absolute atomic E-state index is 0.00648. The number of piperidine rings is 1. The first kappa shape index (κ1) is 33.3. The number of aryl methyl sites for hydroxylation is 2. The topological polar surface area (TPSA) is 156 Å².